The van der Waals surface area contributed by atoms with Gasteiger partial charge >= 0.3 is 0 Å². The SMILES string of the molecule is CC(=O)N1CCc2c(Cl)nc(C)nc2C1. The normalized spacial score (nSPS) is 15.0. The lowest BCUT2D eigenvalue weighted by molar-refractivity contribution is -0.129. The van der Waals surface area contributed by atoms with Gasteiger partial charge in [0, 0.05) is 19.0 Å². The van der Waals surface area contributed by atoms with Crippen LogP contribution in [0.1, 0.15) is 24.0 Å². The Morgan fingerprint density at radius 3 is 2.87 bits per heavy atom. The van der Waals surface area contributed by atoms with Gasteiger partial charge in [0.25, 0.3) is 0 Å². The zero-order valence-corrected chi connectivity index (χ0v) is 9.51. The molecule has 0 atom stereocenters. The van der Waals surface area contributed by atoms with Crippen LogP contribution in [0.2, 0.25) is 5.15 Å². The predicted octanol–water partition coefficient (Wildman–Crippen LogP) is 1.34. The Kier molecular flexibility index (Phi) is 2.61. The molecule has 0 fully saturated rings. The summed E-state index contributed by atoms with van der Waals surface area (Å²) in [5.41, 5.74) is 1.87. The number of carbonyl (C=O) groups is 1. The number of rotatable bonds is 0. The molecular formula is C10H12ClN3O. The van der Waals surface area contributed by atoms with Crippen molar-refractivity contribution in [3.05, 3.63) is 22.2 Å². The molecule has 0 N–H and O–H groups in total. The number of aryl methyl sites for hydroxylation is 1. The van der Waals surface area contributed by atoms with Crippen molar-refractivity contribution in [2.24, 2.45) is 0 Å². The monoisotopic (exact) mass is 225 g/mol. The highest BCUT2D eigenvalue weighted by Gasteiger charge is 2.22. The summed E-state index contributed by atoms with van der Waals surface area (Å²) >= 11 is 6.02. The Labute approximate surface area is 93.3 Å². The van der Waals surface area contributed by atoms with Crippen LogP contribution in [0.3, 0.4) is 0 Å². The molecule has 0 radical (unpaired) electrons. The van der Waals surface area contributed by atoms with Gasteiger partial charge in [-0.2, -0.15) is 0 Å². The molecule has 1 aromatic heterocycles. The molecule has 0 aromatic carbocycles. The van der Waals surface area contributed by atoms with Gasteiger partial charge in [-0.1, -0.05) is 11.6 Å². The summed E-state index contributed by atoms with van der Waals surface area (Å²) < 4.78 is 0. The van der Waals surface area contributed by atoms with Gasteiger partial charge in [0.2, 0.25) is 5.91 Å². The smallest absolute Gasteiger partial charge is 0.219 e. The Morgan fingerprint density at radius 1 is 1.47 bits per heavy atom. The molecule has 80 valence electrons. The fraction of sp³-hybridized carbons (Fsp3) is 0.500. The van der Waals surface area contributed by atoms with Crippen LogP contribution in [-0.2, 0) is 17.8 Å². The Morgan fingerprint density at radius 2 is 2.20 bits per heavy atom. The molecular weight excluding hydrogens is 214 g/mol. The number of halogens is 1. The molecule has 1 amide bonds. The summed E-state index contributed by atoms with van der Waals surface area (Å²) in [6.07, 6.45) is 0.744. The Balaban J connectivity index is 2.37. The van der Waals surface area contributed by atoms with E-state index in [0.29, 0.717) is 24.1 Å². The molecule has 1 aliphatic heterocycles. The molecule has 0 bridgehead atoms. The van der Waals surface area contributed by atoms with Crippen molar-refractivity contribution in [2.45, 2.75) is 26.8 Å². The van der Waals surface area contributed by atoms with Gasteiger partial charge in [-0.05, 0) is 13.3 Å². The van der Waals surface area contributed by atoms with Crippen molar-refractivity contribution in [2.75, 3.05) is 6.54 Å². The van der Waals surface area contributed by atoms with Gasteiger partial charge in [-0.15, -0.1) is 0 Å². The molecule has 2 heterocycles. The average Bonchev–Trinajstić information content (AvgIpc) is 2.16. The molecule has 0 spiro atoms. The van der Waals surface area contributed by atoms with Crippen LogP contribution in [0.5, 0.6) is 0 Å². The number of nitrogens with zero attached hydrogens (tertiary/aromatic N) is 3. The van der Waals surface area contributed by atoms with E-state index in [-0.39, 0.29) is 5.91 Å². The van der Waals surface area contributed by atoms with Gasteiger partial charge in [0.1, 0.15) is 11.0 Å². The van der Waals surface area contributed by atoms with E-state index in [2.05, 4.69) is 9.97 Å². The maximum atomic E-state index is 11.2. The minimum Gasteiger partial charge on any atom is -0.337 e. The van der Waals surface area contributed by atoms with E-state index in [0.717, 1.165) is 17.7 Å². The third-order valence-corrected chi connectivity index (χ3v) is 2.88. The first-order valence-corrected chi connectivity index (χ1v) is 5.23. The third kappa shape index (κ3) is 1.95. The lowest BCUT2D eigenvalue weighted by atomic mass is 10.1. The maximum Gasteiger partial charge on any atom is 0.219 e. The minimum absolute atomic E-state index is 0.0769. The lowest BCUT2D eigenvalue weighted by Gasteiger charge is -2.27. The van der Waals surface area contributed by atoms with Crippen LogP contribution in [0.25, 0.3) is 0 Å². The second-order valence-electron chi connectivity index (χ2n) is 3.68. The van der Waals surface area contributed by atoms with Crippen LogP contribution in [0.15, 0.2) is 0 Å². The molecule has 5 heteroatoms. The van der Waals surface area contributed by atoms with E-state index < -0.39 is 0 Å². The van der Waals surface area contributed by atoms with Gasteiger partial charge in [0.15, 0.2) is 0 Å². The van der Waals surface area contributed by atoms with Crippen LogP contribution < -0.4 is 0 Å². The second-order valence-corrected chi connectivity index (χ2v) is 4.04. The number of fused-ring (bicyclic) bond motifs is 1. The number of hydrogen-bond acceptors (Lipinski definition) is 3. The lowest BCUT2D eigenvalue weighted by Crippen LogP contribution is -2.35. The number of amides is 1. The molecule has 0 saturated carbocycles. The van der Waals surface area contributed by atoms with E-state index in [1.165, 1.54) is 0 Å². The highest BCUT2D eigenvalue weighted by molar-refractivity contribution is 6.30. The van der Waals surface area contributed by atoms with Gasteiger partial charge in [0.05, 0.1) is 12.2 Å². The molecule has 1 aromatic rings. The van der Waals surface area contributed by atoms with E-state index in [1.807, 2.05) is 0 Å². The Bertz CT molecular complexity index is 419. The van der Waals surface area contributed by atoms with Crippen LogP contribution >= 0.6 is 11.6 Å². The molecule has 1 aliphatic rings. The first-order chi connectivity index (χ1) is 7.08. The third-order valence-electron chi connectivity index (χ3n) is 2.57. The van der Waals surface area contributed by atoms with E-state index in [9.17, 15) is 4.79 Å². The fourth-order valence-corrected chi connectivity index (χ4v) is 2.10. The van der Waals surface area contributed by atoms with Crippen molar-refractivity contribution >= 4 is 17.5 Å². The highest BCUT2D eigenvalue weighted by Crippen LogP contribution is 2.23. The molecule has 15 heavy (non-hydrogen) atoms. The summed E-state index contributed by atoms with van der Waals surface area (Å²) in [6, 6.07) is 0. The van der Waals surface area contributed by atoms with Crippen molar-refractivity contribution in [3.8, 4) is 0 Å². The maximum absolute atomic E-state index is 11.2. The summed E-state index contributed by atoms with van der Waals surface area (Å²) in [6.45, 7) is 4.63. The summed E-state index contributed by atoms with van der Waals surface area (Å²) in [5, 5.41) is 0.528. The zero-order valence-electron chi connectivity index (χ0n) is 8.75. The van der Waals surface area contributed by atoms with Gasteiger partial charge in [-0.3, -0.25) is 4.79 Å². The van der Waals surface area contributed by atoms with Gasteiger partial charge < -0.3 is 4.90 Å². The first-order valence-electron chi connectivity index (χ1n) is 4.85. The molecule has 0 aliphatic carbocycles. The standard InChI is InChI=1S/C10H12ClN3O/c1-6-12-9-5-14(7(2)15)4-3-8(9)10(11)13-6/h3-5H2,1-2H3. The van der Waals surface area contributed by atoms with E-state index in [4.69, 9.17) is 11.6 Å². The Hall–Kier alpha value is -1.16. The quantitative estimate of drug-likeness (QED) is 0.626. The predicted molar refractivity (Wildman–Crippen MR) is 56.6 cm³/mol. The molecule has 4 nitrogen and oxygen atoms in total. The summed E-state index contributed by atoms with van der Waals surface area (Å²) in [5.74, 6) is 0.734. The zero-order chi connectivity index (χ0) is 11.0. The fourth-order valence-electron chi connectivity index (χ4n) is 1.77. The minimum atomic E-state index is 0.0769. The number of carbonyl (C=O) groups excluding carboxylic acids is 1. The van der Waals surface area contributed by atoms with Crippen LogP contribution in [0.4, 0.5) is 0 Å². The second kappa shape index (κ2) is 3.77. The van der Waals surface area contributed by atoms with Crippen molar-refractivity contribution in [3.63, 3.8) is 0 Å². The van der Waals surface area contributed by atoms with E-state index >= 15 is 0 Å². The average molecular weight is 226 g/mol. The summed E-state index contributed by atoms with van der Waals surface area (Å²) in [7, 11) is 0. The molecule has 0 saturated heterocycles. The first kappa shape index (κ1) is 10.4. The molecule has 0 unspecified atom stereocenters. The van der Waals surface area contributed by atoms with Crippen molar-refractivity contribution < 1.29 is 4.79 Å². The number of hydrogen-bond donors (Lipinski definition) is 0. The molecule has 2 rings (SSSR count). The summed E-state index contributed by atoms with van der Waals surface area (Å²) in [4.78, 5) is 21.4. The highest BCUT2D eigenvalue weighted by atomic mass is 35.5. The van der Waals surface area contributed by atoms with E-state index in [1.54, 1.807) is 18.7 Å². The largest absolute Gasteiger partial charge is 0.337 e. The van der Waals surface area contributed by atoms with Crippen molar-refractivity contribution in [1.82, 2.24) is 14.9 Å². The topological polar surface area (TPSA) is 46.1 Å². The van der Waals surface area contributed by atoms with Gasteiger partial charge in [-0.25, -0.2) is 9.97 Å². The van der Waals surface area contributed by atoms with Crippen LogP contribution in [-0.4, -0.2) is 27.3 Å². The van der Waals surface area contributed by atoms with Crippen LogP contribution in [0, 0.1) is 6.92 Å². The van der Waals surface area contributed by atoms with Crippen molar-refractivity contribution in [1.29, 1.82) is 0 Å². The number of aromatic nitrogens is 2.